The molecule has 1 amide bonds. The number of amides is 1. The van der Waals surface area contributed by atoms with E-state index in [0.29, 0.717) is 5.69 Å². The molecule has 1 aliphatic heterocycles. The van der Waals surface area contributed by atoms with Gasteiger partial charge in [0, 0.05) is 24.6 Å². The molecule has 2 aromatic heterocycles. The summed E-state index contributed by atoms with van der Waals surface area (Å²) in [7, 11) is 0. The molecule has 1 aliphatic rings. The lowest BCUT2D eigenvalue weighted by atomic mass is 10.0. The van der Waals surface area contributed by atoms with E-state index in [1.807, 2.05) is 18.7 Å². The predicted octanol–water partition coefficient (Wildman–Crippen LogP) is 3.21. The van der Waals surface area contributed by atoms with Crippen LogP contribution in [0.3, 0.4) is 0 Å². The normalized spacial score (nSPS) is 18.1. The van der Waals surface area contributed by atoms with Gasteiger partial charge in [-0.15, -0.1) is 0 Å². The van der Waals surface area contributed by atoms with Crippen molar-refractivity contribution in [3.63, 3.8) is 0 Å². The molecule has 1 saturated heterocycles. The first-order valence-electron chi connectivity index (χ1n) is 7.81. The zero-order chi connectivity index (χ0) is 15.7. The van der Waals surface area contributed by atoms with E-state index in [2.05, 4.69) is 17.2 Å². The van der Waals surface area contributed by atoms with Gasteiger partial charge in [0.2, 0.25) is 0 Å². The lowest BCUT2D eigenvalue weighted by Crippen LogP contribution is -2.31. The molecule has 118 valence electrons. The van der Waals surface area contributed by atoms with Crippen LogP contribution in [0.5, 0.6) is 0 Å². The van der Waals surface area contributed by atoms with Gasteiger partial charge in [-0.05, 0) is 33.1 Å². The van der Waals surface area contributed by atoms with Crippen LogP contribution in [-0.4, -0.2) is 27.7 Å². The highest BCUT2D eigenvalue weighted by Gasteiger charge is 2.35. The third-order valence-electron chi connectivity index (χ3n) is 4.21. The fourth-order valence-electron chi connectivity index (χ4n) is 3.20. The Bertz CT molecular complexity index is 654. The van der Waals surface area contributed by atoms with Gasteiger partial charge >= 0.3 is 0 Å². The molecule has 22 heavy (non-hydrogen) atoms. The van der Waals surface area contributed by atoms with Gasteiger partial charge in [-0.25, -0.2) is 0 Å². The highest BCUT2D eigenvalue weighted by molar-refractivity contribution is 5.92. The number of carbonyl (C=O) groups is 1. The molecule has 0 bridgehead atoms. The predicted molar refractivity (Wildman–Crippen MR) is 79.5 cm³/mol. The van der Waals surface area contributed by atoms with Crippen LogP contribution in [0.2, 0.25) is 0 Å². The van der Waals surface area contributed by atoms with Crippen LogP contribution in [0.25, 0.3) is 0 Å². The topological polar surface area (TPSA) is 72.4 Å². The molecule has 0 radical (unpaired) electrons. The van der Waals surface area contributed by atoms with E-state index in [9.17, 15) is 4.79 Å². The van der Waals surface area contributed by atoms with Crippen molar-refractivity contribution < 1.29 is 13.8 Å². The van der Waals surface area contributed by atoms with Crippen molar-refractivity contribution in [2.45, 2.75) is 52.5 Å². The summed E-state index contributed by atoms with van der Waals surface area (Å²) in [6, 6.07) is 1.78. The highest BCUT2D eigenvalue weighted by Crippen LogP contribution is 2.36. The van der Waals surface area contributed by atoms with Crippen LogP contribution in [0.15, 0.2) is 15.1 Å². The van der Waals surface area contributed by atoms with Crippen LogP contribution >= 0.6 is 0 Å². The van der Waals surface area contributed by atoms with Crippen molar-refractivity contribution in [3.05, 3.63) is 34.5 Å². The Hall–Kier alpha value is -2.11. The Morgan fingerprint density at radius 3 is 2.86 bits per heavy atom. The van der Waals surface area contributed by atoms with Gasteiger partial charge in [-0.2, -0.15) is 0 Å². The third-order valence-corrected chi connectivity index (χ3v) is 4.21. The summed E-state index contributed by atoms with van der Waals surface area (Å²) in [5, 5.41) is 7.94. The summed E-state index contributed by atoms with van der Waals surface area (Å²) in [6.07, 6.45) is 3.66. The Morgan fingerprint density at radius 2 is 2.18 bits per heavy atom. The minimum absolute atomic E-state index is 0.0186. The molecule has 3 rings (SSSR count). The van der Waals surface area contributed by atoms with E-state index < -0.39 is 0 Å². The van der Waals surface area contributed by atoms with Gasteiger partial charge in [0.15, 0.2) is 5.69 Å². The number of aryl methyl sites for hydroxylation is 3. The number of aromatic nitrogens is 2. The summed E-state index contributed by atoms with van der Waals surface area (Å²) in [5.74, 6) is 1.47. The van der Waals surface area contributed by atoms with Crippen LogP contribution in [0, 0.1) is 13.8 Å². The molecular weight excluding hydrogens is 282 g/mol. The molecule has 6 heteroatoms. The average molecular weight is 303 g/mol. The number of rotatable bonds is 4. The van der Waals surface area contributed by atoms with E-state index in [4.69, 9.17) is 9.05 Å². The number of hydrogen-bond acceptors (Lipinski definition) is 5. The average Bonchev–Trinajstić information content (AvgIpc) is 3.20. The van der Waals surface area contributed by atoms with Gasteiger partial charge in [0.05, 0.1) is 11.7 Å². The molecule has 2 aromatic rings. The second-order valence-electron chi connectivity index (χ2n) is 5.82. The maximum Gasteiger partial charge on any atom is 0.276 e. The molecule has 0 N–H and O–H groups in total. The van der Waals surface area contributed by atoms with Gasteiger partial charge < -0.3 is 13.9 Å². The fourth-order valence-corrected chi connectivity index (χ4v) is 3.20. The molecule has 1 atom stereocenters. The fraction of sp³-hybridized carbons (Fsp3) is 0.562. The highest BCUT2D eigenvalue weighted by atomic mass is 16.5. The third kappa shape index (κ3) is 2.53. The molecule has 0 unspecified atom stereocenters. The summed E-state index contributed by atoms with van der Waals surface area (Å²) >= 11 is 0. The summed E-state index contributed by atoms with van der Waals surface area (Å²) in [4.78, 5) is 14.6. The summed E-state index contributed by atoms with van der Waals surface area (Å²) in [5.41, 5.74) is 2.28. The SMILES string of the molecule is CCCc1cc(C(=O)N2CCC[C@@H]2c2c(C)noc2C)no1. The number of hydrogen-bond donors (Lipinski definition) is 0. The van der Waals surface area contributed by atoms with Crippen molar-refractivity contribution in [2.75, 3.05) is 6.54 Å². The maximum atomic E-state index is 12.7. The van der Waals surface area contributed by atoms with Crippen LogP contribution in [0.1, 0.15) is 65.5 Å². The van der Waals surface area contributed by atoms with Crippen LogP contribution in [0.4, 0.5) is 0 Å². The van der Waals surface area contributed by atoms with Crippen molar-refractivity contribution in [1.29, 1.82) is 0 Å². The Balaban J connectivity index is 1.84. The monoisotopic (exact) mass is 303 g/mol. The largest absolute Gasteiger partial charge is 0.361 e. The van der Waals surface area contributed by atoms with E-state index in [0.717, 1.165) is 55.0 Å². The van der Waals surface area contributed by atoms with E-state index in [1.54, 1.807) is 6.07 Å². The lowest BCUT2D eigenvalue weighted by molar-refractivity contribution is 0.0724. The minimum Gasteiger partial charge on any atom is -0.361 e. The van der Waals surface area contributed by atoms with Gasteiger partial charge in [0.25, 0.3) is 5.91 Å². The van der Waals surface area contributed by atoms with Gasteiger partial charge in [0.1, 0.15) is 11.5 Å². The molecule has 6 nitrogen and oxygen atoms in total. The zero-order valence-corrected chi connectivity index (χ0v) is 13.3. The standard InChI is InChI=1S/C16H21N3O3/c1-4-6-12-9-13(18-22-12)16(20)19-8-5-7-14(19)15-10(2)17-21-11(15)3/h9,14H,4-8H2,1-3H3/t14-/m1/s1. The molecule has 0 saturated carbocycles. The van der Waals surface area contributed by atoms with Crippen LogP contribution < -0.4 is 0 Å². The number of likely N-dealkylation sites (tertiary alicyclic amines) is 1. The molecule has 3 heterocycles. The van der Waals surface area contributed by atoms with Gasteiger partial charge in [-0.3, -0.25) is 4.79 Å². The smallest absolute Gasteiger partial charge is 0.276 e. The van der Waals surface area contributed by atoms with Crippen LogP contribution in [-0.2, 0) is 6.42 Å². The van der Waals surface area contributed by atoms with Crippen molar-refractivity contribution in [2.24, 2.45) is 0 Å². The molecule has 0 aromatic carbocycles. The van der Waals surface area contributed by atoms with E-state index in [1.165, 1.54) is 0 Å². The second kappa shape index (κ2) is 5.94. The van der Waals surface area contributed by atoms with E-state index >= 15 is 0 Å². The molecule has 0 aliphatic carbocycles. The second-order valence-corrected chi connectivity index (χ2v) is 5.82. The number of nitrogens with zero attached hydrogens (tertiary/aromatic N) is 3. The lowest BCUT2D eigenvalue weighted by Gasteiger charge is -2.23. The first-order valence-corrected chi connectivity index (χ1v) is 7.81. The minimum atomic E-state index is -0.0754. The quantitative estimate of drug-likeness (QED) is 0.867. The molecular formula is C16H21N3O3. The van der Waals surface area contributed by atoms with Crippen molar-refractivity contribution in [3.8, 4) is 0 Å². The Kier molecular flexibility index (Phi) is 4.00. The summed E-state index contributed by atoms with van der Waals surface area (Å²) in [6.45, 7) is 6.61. The van der Waals surface area contributed by atoms with E-state index in [-0.39, 0.29) is 11.9 Å². The maximum absolute atomic E-state index is 12.7. The Morgan fingerprint density at radius 1 is 1.36 bits per heavy atom. The summed E-state index contributed by atoms with van der Waals surface area (Å²) < 4.78 is 10.5. The zero-order valence-electron chi connectivity index (χ0n) is 13.3. The van der Waals surface area contributed by atoms with Gasteiger partial charge in [-0.1, -0.05) is 17.2 Å². The van der Waals surface area contributed by atoms with Crippen molar-refractivity contribution >= 4 is 5.91 Å². The Labute approximate surface area is 129 Å². The number of carbonyl (C=O) groups excluding carboxylic acids is 1. The molecule has 0 spiro atoms. The van der Waals surface area contributed by atoms with Crippen molar-refractivity contribution in [1.82, 2.24) is 15.2 Å². The first kappa shape index (κ1) is 14.8. The first-order chi connectivity index (χ1) is 10.6. The molecule has 1 fully saturated rings.